The Morgan fingerprint density at radius 1 is 1.10 bits per heavy atom. The van der Waals surface area contributed by atoms with Crippen molar-refractivity contribution in [2.75, 3.05) is 5.32 Å². The summed E-state index contributed by atoms with van der Waals surface area (Å²) in [6, 6.07) is 7.91. The number of amides is 3. The Kier molecular flexibility index (Phi) is 5.22. The molecule has 0 bridgehead atoms. The zero-order chi connectivity index (χ0) is 20.5. The van der Waals surface area contributed by atoms with Crippen molar-refractivity contribution in [2.45, 2.75) is 58.0 Å². The molecule has 1 aliphatic carbocycles. The highest BCUT2D eigenvalue weighted by molar-refractivity contribution is 6.23. The van der Waals surface area contributed by atoms with E-state index in [1.165, 1.54) is 0 Å². The molecule has 3 amide bonds. The quantitative estimate of drug-likeness (QED) is 0.758. The number of hydrogen-bond donors (Lipinski definition) is 1. The van der Waals surface area contributed by atoms with E-state index in [9.17, 15) is 14.4 Å². The minimum atomic E-state index is -0.866. The molecule has 1 aromatic heterocycles. The van der Waals surface area contributed by atoms with E-state index in [0.29, 0.717) is 23.4 Å². The highest BCUT2D eigenvalue weighted by atomic mass is 16.2. The number of rotatable bonds is 6. The van der Waals surface area contributed by atoms with Gasteiger partial charge in [-0.25, -0.2) is 4.68 Å². The van der Waals surface area contributed by atoms with Crippen LogP contribution in [0.3, 0.4) is 0 Å². The average molecular weight is 394 g/mol. The Hall–Kier alpha value is -2.96. The van der Waals surface area contributed by atoms with Crippen LogP contribution >= 0.6 is 0 Å². The van der Waals surface area contributed by atoms with Crippen LogP contribution in [0.25, 0.3) is 0 Å². The summed E-state index contributed by atoms with van der Waals surface area (Å²) < 4.78 is 1.86. The van der Waals surface area contributed by atoms with Gasteiger partial charge in [-0.3, -0.25) is 19.3 Å². The van der Waals surface area contributed by atoms with E-state index in [0.717, 1.165) is 30.6 Å². The lowest BCUT2D eigenvalue weighted by Crippen LogP contribution is -2.48. The van der Waals surface area contributed by atoms with Gasteiger partial charge in [-0.15, -0.1) is 0 Å². The first kappa shape index (κ1) is 19.4. The maximum atomic E-state index is 13.2. The number of nitrogens with zero attached hydrogens (tertiary/aromatic N) is 3. The van der Waals surface area contributed by atoms with Crippen molar-refractivity contribution in [3.05, 3.63) is 47.7 Å². The summed E-state index contributed by atoms with van der Waals surface area (Å²) in [6.45, 7) is 3.95. The summed E-state index contributed by atoms with van der Waals surface area (Å²) in [5, 5.41) is 7.32. The van der Waals surface area contributed by atoms with Crippen molar-refractivity contribution in [1.29, 1.82) is 0 Å². The molecule has 7 nitrogen and oxygen atoms in total. The largest absolute Gasteiger partial charge is 0.309 e. The highest BCUT2D eigenvalue weighted by Crippen LogP contribution is 2.32. The molecule has 0 radical (unpaired) electrons. The van der Waals surface area contributed by atoms with Crippen LogP contribution in [0.2, 0.25) is 0 Å². The molecule has 2 heterocycles. The number of fused-ring (bicyclic) bond motifs is 1. The standard InChI is InChI=1S/C22H26N4O3/c1-14(2)13-18(25-21(28)16-9-5-6-10-17(16)22(25)29)20(27)24-19-11-12-23-26(19)15-7-3-4-8-15/h5-6,9-12,14-15,18H,3-4,7-8,13H2,1-2H3,(H,24,27). The zero-order valence-electron chi connectivity index (χ0n) is 16.8. The van der Waals surface area contributed by atoms with E-state index in [4.69, 9.17) is 0 Å². The van der Waals surface area contributed by atoms with E-state index in [2.05, 4.69) is 10.4 Å². The number of hydrogen-bond acceptors (Lipinski definition) is 4. The lowest BCUT2D eigenvalue weighted by atomic mass is 10.0. The number of anilines is 1. The topological polar surface area (TPSA) is 84.3 Å². The van der Waals surface area contributed by atoms with Crippen LogP contribution in [0.1, 0.15) is 72.7 Å². The second-order valence-electron chi connectivity index (χ2n) is 8.26. The SMILES string of the molecule is CC(C)CC(C(=O)Nc1ccnn1C1CCCC1)N1C(=O)c2ccccc2C1=O. The number of imide groups is 1. The van der Waals surface area contributed by atoms with Crippen molar-refractivity contribution in [3.63, 3.8) is 0 Å². The lowest BCUT2D eigenvalue weighted by molar-refractivity contribution is -0.120. The first-order valence-corrected chi connectivity index (χ1v) is 10.3. The second-order valence-corrected chi connectivity index (χ2v) is 8.26. The fourth-order valence-corrected chi connectivity index (χ4v) is 4.33. The van der Waals surface area contributed by atoms with Crippen molar-refractivity contribution >= 4 is 23.5 Å². The smallest absolute Gasteiger partial charge is 0.262 e. The van der Waals surface area contributed by atoms with Gasteiger partial charge in [0.05, 0.1) is 23.4 Å². The van der Waals surface area contributed by atoms with E-state index in [1.807, 2.05) is 18.5 Å². The van der Waals surface area contributed by atoms with E-state index < -0.39 is 17.9 Å². The van der Waals surface area contributed by atoms with Crippen molar-refractivity contribution in [2.24, 2.45) is 5.92 Å². The fourth-order valence-electron chi connectivity index (χ4n) is 4.33. The molecule has 152 valence electrons. The summed E-state index contributed by atoms with van der Waals surface area (Å²) >= 11 is 0. The summed E-state index contributed by atoms with van der Waals surface area (Å²) in [7, 11) is 0. The van der Waals surface area contributed by atoms with Crippen molar-refractivity contribution in [3.8, 4) is 0 Å². The van der Waals surface area contributed by atoms with Gasteiger partial charge in [0.15, 0.2) is 0 Å². The molecule has 0 spiro atoms. The van der Waals surface area contributed by atoms with Gasteiger partial charge in [-0.1, -0.05) is 38.8 Å². The van der Waals surface area contributed by atoms with Gasteiger partial charge in [0, 0.05) is 6.07 Å². The minimum absolute atomic E-state index is 0.134. The van der Waals surface area contributed by atoms with Gasteiger partial charge in [0.25, 0.3) is 11.8 Å². The number of carbonyl (C=O) groups excluding carboxylic acids is 3. The molecule has 4 rings (SSSR count). The van der Waals surface area contributed by atoms with E-state index >= 15 is 0 Å². The van der Waals surface area contributed by atoms with Crippen LogP contribution < -0.4 is 5.32 Å². The van der Waals surface area contributed by atoms with Gasteiger partial charge >= 0.3 is 0 Å². The molecule has 1 atom stereocenters. The first-order chi connectivity index (χ1) is 14.0. The Morgan fingerprint density at radius 2 is 1.72 bits per heavy atom. The van der Waals surface area contributed by atoms with E-state index in [-0.39, 0.29) is 17.9 Å². The molecule has 0 saturated heterocycles. The second kappa shape index (κ2) is 7.81. The van der Waals surface area contributed by atoms with Crippen LogP contribution in [-0.4, -0.2) is 38.4 Å². The first-order valence-electron chi connectivity index (χ1n) is 10.3. The van der Waals surface area contributed by atoms with Gasteiger partial charge in [0.2, 0.25) is 5.91 Å². The highest BCUT2D eigenvalue weighted by Gasteiger charge is 2.43. The van der Waals surface area contributed by atoms with Crippen molar-refractivity contribution in [1.82, 2.24) is 14.7 Å². The number of benzene rings is 1. The molecule has 2 aromatic rings. The number of nitrogens with one attached hydrogen (secondary N) is 1. The Balaban J connectivity index is 1.60. The third-order valence-electron chi connectivity index (χ3n) is 5.73. The Bertz CT molecular complexity index is 908. The fraction of sp³-hybridized carbons (Fsp3) is 0.455. The molecule has 2 aliphatic rings. The number of aromatic nitrogens is 2. The van der Waals surface area contributed by atoms with Crippen LogP contribution in [0.4, 0.5) is 5.82 Å². The molecule has 1 N–H and O–H groups in total. The van der Waals surface area contributed by atoms with Crippen LogP contribution in [-0.2, 0) is 4.79 Å². The summed E-state index contributed by atoms with van der Waals surface area (Å²) in [5.74, 6) is -0.415. The van der Waals surface area contributed by atoms with Crippen LogP contribution in [0.5, 0.6) is 0 Å². The maximum absolute atomic E-state index is 13.2. The predicted molar refractivity (Wildman–Crippen MR) is 109 cm³/mol. The number of carbonyl (C=O) groups is 3. The van der Waals surface area contributed by atoms with Gasteiger partial charge in [-0.2, -0.15) is 5.10 Å². The van der Waals surface area contributed by atoms with Crippen LogP contribution in [0.15, 0.2) is 36.5 Å². The molecule has 7 heteroatoms. The molecule has 1 saturated carbocycles. The minimum Gasteiger partial charge on any atom is -0.309 e. The third kappa shape index (κ3) is 3.57. The van der Waals surface area contributed by atoms with Gasteiger partial charge in [0.1, 0.15) is 11.9 Å². The van der Waals surface area contributed by atoms with Crippen molar-refractivity contribution < 1.29 is 14.4 Å². The third-order valence-corrected chi connectivity index (χ3v) is 5.73. The summed E-state index contributed by atoms with van der Waals surface area (Å²) in [5.41, 5.74) is 0.713. The average Bonchev–Trinajstić information content (AvgIpc) is 3.42. The van der Waals surface area contributed by atoms with Gasteiger partial charge in [-0.05, 0) is 37.3 Å². The Morgan fingerprint density at radius 3 is 2.31 bits per heavy atom. The molecule has 1 aromatic carbocycles. The monoisotopic (exact) mass is 394 g/mol. The van der Waals surface area contributed by atoms with Crippen LogP contribution in [0, 0.1) is 5.92 Å². The molecule has 29 heavy (non-hydrogen) atoms. The maximum Gasteiger partial charge on any atom is 0.262 e. The molecule has 1 fully saturated rings. The molecular weight excluding hydrogens is 368 g/mol. The zero-order valence-corrected chi connectivity index (χ0v) is 16.8. The summed E-state index contributed by atoms with van der Waals surface area (Å²) in [6.07, 6.45) is 6.46. The lowest BCUT2D eigenvalue weighted by Gasteiger charge is -2.27. The predicted octanol–water partition coefficient (Wildman–Crippen LogP) is 3.65. The molecule has 1 aliphatic heterocycles. The molecular formula is C22H26N4O3. The van der Waals surface area contributed by atoms with Gasteiger partial charge < -0.3 is 5.32 Å². The Labute approximate surface area is 170 Å². The summed E-state index contributed by atoms with van der Waals surface area (Å²) in [4.78, 5) is 40.2. The van der Waals surface area contributed by atoms with E-state index in [1.54, 1.807) is 36.5 Å². The molecule has 1 unspecified atom stereocenters. The normalized spacial score (nSPS) is 17.8.